The van der Waals surface area contributed by atoms with Crippen LogP contribution in [0, 0.1) is 5.92 Å². The number of hydrogen-bond acceptors (Lipinski definition) is 6. The Bertz CT molecular complexity index is 1060. The fraction of sp³-hybridized carbons (Fsp3) is 0.640. The summed E-state index contributed by atoms with van der Waals surface area (Å²) >= 11 is 0. The average Bonchev–Trinajstić information content (AvgIpc) is 3.55. The van der Waals surface area contributed by atoms with Crippen molar-refractivity contribution in [3.8, 4) is 0 Å². The van der Waals surface area contributed by atoms with Gasteiger partial charge in [-0.3, -0.25) is 14.4 Å². The number of hydrogen-bond donors (Lipinski definition) is 3. The molecule has 5 rings (SSSR count). The Balaban J connectivity index is 1.51. The lowest BCUT2D eigenvalue weighted by molar-refractivity contribution is -0.148. The number of ether oxygens (including phenoxy) is 1. The minimum Gasteiger partial charge on any atom is -0.432 e. The summed E-state index contributed by atoms with van der Waals surface area (Å²) in [5.74, 6) is -0.720. The van der Waals surface area contributed by atoms with Gasteiger partial charge in [0.25, 0.3) is 5.91 Å². The summed E-state index contributed by atoms with van der Waals surface area (Å²) in [5, 5.41) is 12.6. The van der Waals surface area contributed by atoms with Gasteiger partial charge in [0.2, 0.25) is 11.8 Å². The molecule has 0 aromatic heterocycles. The maximum Gasteiger partial charge on any atom is 0.261 e. The molecule has 3 saturated heterocycles. The number of benzene rings is 1. The fourth-order valence-electron chi connectivity index (χ4n) is 6.82. The molecule has 3 N–H and O–H groups in total. The predicted molar refractivity (Wildman–Crippen MR) is 132 cm³/mol. The molecule has 4 heterocycles. The normalized spacial score (nSPS) is 32.6. The van der Waals surface area contributed by atoms with Crippen molar-refractivity contribution in [1.82, 2.24) is 4.90 Å². The van der Waals surface area contributed by atoms with E-state index in [4.69, 9.17) is 4.74 Å². The molecule has 190 valence electrons. The Labute approximate surface area is 206 Å². The van der Waals surface area contributed by atoms with Crippen molar-refractivity contribution in [3.05, 3.63) is 23.8 Å². The molecule has 0 radical (unpaired) electrons. The highest BCUT2D eigenvalue weighted by Crippen LogP contribution is 2.58. The Morgan fingerprint density at radius 3 is 2.69 bits per heavy atom. The van der Waals surface area contributed by atoms with Crippen LogP contribution in [-0.4, -0.2) is 72.7 Å². The lowest BCUT2D eigenvalue weighted by Gasteiger charge is -2.32. The van der Waals surface area contributed by atoms with Gasteiger partial charge in [0, 0.05) is 47.9 Å². The van der Waals surface area contributed by atoms with Crippen molar-refractivity contribution in [3.63, 3.8) is 0 Å². The van der Waals surface area contributed by atoms with Crippen LogP contribution in [0.5, 0.6) is 0 Å². The monoisotopic (exact) mass is 501 g/mol. The van der Waals surface area contributed by atoms with Crippen molar-refractivity contribution in [1.29, 1.82) is 0 Å². The van der Waals surface area contributed by atoms with Crippen LogP contribution in [0.25, 0.3) is 0 Å². The van der Waals surface area contributed by atoms with Gasteiger partial charge in [-0.1, -0.05) is 6.92 Å². The first-order valence-electron chi connectivity index (χ1n) is 12.6. The third-order valence-corrected chi connectivity index (χ3v) is 10.9. The van der Waals surface area contributed by atoms with Crippen molar-refractivity contribution in [2.45, 2.75) is 75.4 Å². The smallest absolute Gasteiger partial charge is 0.261 e. The second-order valence-electron chi connectivity index (χ2n) is 11.0. The zero-order valence-electron chi connectivity index (χ0n) is 20.6. The SMILES string of the molecule is C[C@@H]1[C@@H]([Si](C)(C)O)[C@H](CC(=O)N2CCC[C@H]2CO)O[C@@]12C(=O)Nc1ccc(N3CCCC3=O)cc12. The van der Waals surface area contributed by atoms with Gasteiger partial charge in [-0.2, -0.15) is 0 Å². The van der Waals surface area contributed by atoms with Gasteiger partial charge >= 0.3 is 0 Å². The molecule has 3 fully saturated rings. The van der Waals surface area contributed by atoms with Crippen molar-refractivity contribution in [2.24, 2.45) is 5.92 Å². The van der Waals surface area contributed by atoms with Crippen LogP contribution in [0.2, 0.25) is 18.6 Å². The van der Waals surface area contributed by atoms with Gasteiger partial charge in [0.1, 0.15) is 0 Å². The lowest BCUT2D eigenvalue weighted by atomic mass is 9.82. The van der Waals surface area contributed by atoms with Crippen LogP contribution in [0.3, 0.4) is 0 Å². The summed E-state index contributed by atoms with van der Waals surface area (Å²) < 4.78 is 6.59. The largest absolute Gasteiger partial charge is 0.432 e. The lowest BCUT2D eigenvalue weighted by Crippen LogP contribution is -2.44. The number of aliphatic hydroxyl groups is 1. The van der Waals surface area contributed by atoms with Crippen LogP contribution < -0.4 is 10.2 Å². The Kier molecular flexibility index (Phi) is 6.06. The fourth-order valence-corrected chi connectivity index (χ4v) is 9.37. The van der Waals surface area contributed by atoms with Crippen LogP contribution in [-0.2, 0) is 24.7 Å². The molecule has 3 amide bonds. The quantitative estimate of drug-likeness (QED) is 0.531. The molecule has 4 aliphatic heterocycles. The van der Waals surface area contributed by atoms with Crippen molar-refractivity contribution < 1.29 is 29.0 Å². The third-order valence-electron chi connectivity index (χ3n) is 8.39. The second kappa shape index (κ2) is 8.69. The highest BCUT2D eigenvalue weighted by Gasteiger charge is 2.65. The molecule has 35 heavy (non-hydrogen) atoms. The molecule has 0 unspecified atom stereocenters. The number of amides is 3. The molecule has 0 bridgehead atoms. The first kappa shape index (κ1) is 24.4. The Morgan fingerprint density at radius 2 is 2.03 bits per heavy atom. The summed E-state index contributed by atoms with van der Waals surface area (Å²) in [4.78, 5) is 53.9. The number of aliphatic hydroxyl groups excluding tert-OH is 1. The molecule has 0 saturated carbocycles. The van der Waals surface area contributed by atoms with Gasteiger partial charge in [0.05, 0.1) is 25.2 Å². The van der Waals surface area contributed by atoms with E-state index < -0.39 is 20.0 Å². The molecule has 1 aromatic carbocycles. The van der Waals surface area contributed by atoms with E-state index in [0.29, 0.717) is 30.8 Å². The summed E-state index contributed by atoms with van der Waals surface area (Å²) in [6, 6.07) is 5.32. The Morgan fingerprint density at radius 1 is 1.26 bits per heavy atom. The van der Waals surface area contributed by atoms with E-state index in [0.717, 1.165) is 24.9 Å². The zero-order valence-corrected chi connectivity index (χ0v) is 21.6. The van der Waals surface area contributed by atoms with E-state index in [2.05, 4.69) is 5.32 Å². The molecule has 1 spiro atoms. The zero-order chi connectivity index (χ0) is 25.1. The summed E-state index contributed by atoms with van der Waals surface area (Å²) in [6.07, 6.45) is 2.35. The van der Waals surface area contributed by atoms with Gasteiger partial charge in [0.15, 0.2) is 13.9 Å². The van der Waals surface area contributed by atoms with E-state index in [1.807, 2.05) is 38.2 Å². The number of carbonyl (C=O) groups is 3. The number of carbonyl (C=O) groups excluding carboxylic acids is 3. The van der Waals surface area contributed by atoms with Crippen molar-refractivity contribution >= 4 is 37.4 Å². The van der Waals surface area contributed by atoms with Gasteiger partial charge < -0.3 is 29.8 Å². The maximum atomic E-state index is 13.5. The van der Waals surface area contributed by atoms with Gasteiger partial charge in [-0.25, -0.2) is 0 Å². The molecule has 10 heteroatoms. The molecule has 0 aliphatic carbocycles. The van der Waals surface area contributed by atoms with Crippen LogP contribution in [0.4, 0.5) is 11.4 Å². The number of rotatable bonds is 5. The predicted octanol–water partition coefficient (Wildman–Crippen LogP) is 1.94. The highest BCUT2D eigenvalue weighted by molar-refractivity contribution is 6.71. The van der Waals surface area contributed by atoms with E-state index in [1.54, 1.807) is 9.80 Å². The first-order valence-corrected chi connectivity index (χ1v) is 15.7. The average molecular weight is 502 g/mol. The minimum absolute atomic E-state index is 0.0527. The molecular formula is C25H35N3O6Si. The molecular weight excluding hydrogens is 466 g/mol. The van der Waals surface area contributed by atoms with Gasteiger partial charge in [-0.05, 0) is 50.6 Å². The summed E-state index contributed by atoms with van der Waals surface area (Å²) in [5.41, 5.74) is 0.353. The highest BCUT2D eigenvalue weighted by atomic mass is 28.4. The summed E-state index contributed by atoms with van der Waals surface area (Å²) in [7, 11) is -2.87. The number of nitrogens with one attached hydrogen (secondary N) is 1. The van der Waals surface area contributed by atoms with Crippen LogP contribution in [0.1, 0.15) is 44.6 Å². The standard InChI is InChI=1S/C25H35N3O6Si/c1-15-23(35(2,3)33)20(13-22(31)28-10-4-6-17(28)14-29)34-25(15)18-12-16(27-11-5-7-21(27)30)8-9-19(18)26-24(25)32/h8-9,12,15,17,20,23,29,33H,4-7,10-11,13-14H2,1-3H3,(H,26,32)/t15-,17+,20+,23-,25+/m1/s1. The molecule has 9 nitrogen and oxygen atoms in total. The number of nitrogens with zero attached hydrogens (tertiary/aromatic N) is 2. The van der Waals surface area contributed by atoms with E-state index >= 15 is 0 Å². The molecule has 5 atom stereocenters. The van der Waals surface area contributed by atoms with Gasteiger partial charge in [-0.15, -0.1) is 0 Å². The third kappa shape index (κ3) is 3.81. The Hall–Kier alpha value is -2.27. The van der Waals surface area contributed by atoms with Crippen LogP contribution >= 0.6 is 0 Å². The van der Waals surface area contributed by atoms with Crippen LogP contribution in [0.15, 0.2) is 18.2 Å². The molecule has 4 aliphatic rings. The number of fused-ring (bicyclic) bond motifs is 2. The van der Waals surface area contributed by atoms with E-state index in [-0.39, 0.29) is 48.3 Å². The maximum absolute atomic E-state index is 13.5. The van der Waals surface area contributed by atoms with E-state index in [1.165, 1.54) is 0 Å². The van der Waals surface area contributed by atoms with E-state index in [9.17, 15) is 24.3 Å². The number of anilines is 2. The summed E-state index contributed by atoms with van der Waals surface area (Å²) in [6.45, 7) is 6.74. The van der Waals surface area contributed by atoms with Crippen molar-refractivity contribution in [2.75, 3.05) is 29.9 Å². The topological polar surface area (TPSA) is 119 Å². The first-order chi connectivity index (χ1) is 16.6. The molecule has 1 aromatic rings. The minimum atomic E-state index is -2.87. The second-order valence-corrected chi connectivity index (χ2v) is 14.9. The number of likely N-dealkylation sites (tertiary alicyclic amines) is 1.